The first-order valence-corrected chi connectivity index (χ1v) is 7.47. The molecule has 0 aromatic heterocycles. The third-order valence-electron chi connectivity index (χ3n) is 4.29. The Morgan fingerprint density at radius 1 is 1.23 bits per heavy atom. The van der Waals surface area contributed by atoms with Crippen LogP contribution in [0.5, 0.6) is 0 Å². The van der Waals surface area contributed by atoms with Crippen LogP contribution in [-0.4, -0.2) is 53.8 Å². The Bertz CT molecular complexity index is 643. The molecular formula is C16H19N3O3. The molecular weight excluding hydrogens is 282 g/mol. The normalized spacial score (nSPS) is 19.5. The SMILES string of the molecule is C[C@@H](C(=O)N1CCCc2ccccc21)N1C(=O)CN(C)C1=O. The van der Waals surface area contributed by atoms with Crippen molar-refractivity contribution in [2.75, 3.05) is 25.0 Å². The lowest BCUT2D eigenvalue weighted by atomic mass is 10.0. The number of carbonyl (C=O) groups is 3. The first-order valence-electron chi connectivity index (χ1n) is 7.47. The predicted octanol–water partition coefficient (Wildman–Crippen LogP) is 1.25. The van der Waals surface area contributed by atoms with E-state index in [0.29, 0.717) is 6.54 Å². The third kappa shape index (κ3) is 2.24. The summed E-state index contributed by atoms with van der Waals surface area (Å²) in [6.45, 7) is 2.27. The van der Waals surface area contributed by atoms with Crippen LogP contribution < -0.4 is 4.90 Å². The molecule has 0 saturated carbocycles. The van der Waals surface area contributed by atoms with Gasteiger partial charge in [-0.15, -0.1) is 0 Å². The molecule has 0 unspecified atom stereocenters. The summed E-state index contributed by atoms with van der Waals surface area (Å²) in [6.07, 6.45) is 1.83. The van der Waals surface area contributed by atoms with Gasteiger partial charge in [-0.1, -0.05) is 18.2 Å². The highest BCUT2D eigenvalue weighted by atomic mass is 16.2. The van der Waals surface area contributed by atoms with Crippen LogP contribution in [-0.2, 0) is 16.0 Å². The van der Waals surface area contributed by atoms with Crippen LogP contribution in [0.3, 0.4) is 0 Å². The molecule has 2 aliphatic heterocycles. The van der Waals surface area contributed by atoms with E-state index in [1.807, 2.05) is 24.3 Å². The van der Waals surface area contributed by atoms with E-state index in [4.69, 9.17) is 0 Å². The summed E-state index contributed by atoms with van der Waals surface area (Å²) < 4.78 is 0. The molecule has 0 radical (unpaired) electrons. The molecule has 2 heterocycles. The van der Waals surface area contributed by atoms with Gasteiger partial charge in [-0.25, -0.2) is 4.79 Å². The minimum Gasteiger partial charge on any atom is -0.318 e. The molecule has 116 valence electrons. The summed E-state index contributed by atoms with van der Waals surface area (Å²) in [4.78, 5) is 40.9. The number of hydrogen-bond donors (Lipinski definition) is 0. The monoisotopic (exact) mass is 301 g/mol. The van der Waals surface area contributed by atoms with Crippen LogP contribution in [0, 0.1) is 0 Å². The Labute approximate surface area is 129 Å². The molecule has 1 saturated heterocycles. The van der Waals surface area contributed by atoms with E-state index in [1.165, 1.54) is 4.90 Å². The number of fused-ring (bicyclic) bond motifs is 1. The van der Waals surface area contributed by atoms with E-state index in [1.54, 1.807) is 18.9 Å². The second kappa shape index (κ2) is 5.44. The van der Waals surface area contributed by atoms with E-state index >= 15 is 0 Å². The zero-order valence-corrected chi connectivity index (χ0v) is 12.8. The first-order chi connectivity index (χ1) is 10.5. The minimum atomic E-state index is -0.781. The highest BCUT2D eigenvalue weighted by molar-refractivity contribution is 6.08. The number of para-hydroxylation sites is 1. The van der Waals surface area contributed by atoms with Crippen molar-refractivity contribution < 1.29 is 14.4 Å². The summed E-state index contributed by atoms with van der Waals surface area (Å²) in [5.74, 6) is -0.525. The smallest absolute Gasteiger partial charge is 0.318 e. The van der Waals surface area contributed by atoms with E-state index < -0.39 is 12.1 Å². The lowest BCUT2D eigenvalue weighted by Crippen LogP contribution is -2.51. The van der Waals surface area contributed by atoms with Crippen molar-refractivity contribution in [3.8, 4) is 0 Å². The average molecular weight is 301 g/mol. The molecule has 1 fully saturated rings. The summed E-state index contributed by atoms with van der Waals surface area (Å²) in [5.41, 5.74) is 2.02. The van der Waals surface area contributed by atoms with Gasteiger partial charge in [-0.3, -0.25) is 14.5 Å². The minimum absolute atomic E-state index is 0.0348. The van der Waals surface area contributed by atoms with E-state index in [9.17, 15) is 14.4 Å². The van der Waals surface area contributed by atoms with Gasteiger partial charge in [-0.2, -0.15) is 0 Å². The maximum atomic E-state index is 12.8. The summed E-state index contributed by atoms with van der Waals surface area (Å²) in [6, 6.07) is 6.60. The fourth-order valence-corrected chi connectivity index (χ4v) is 3.12. The Morgan fingerprint density at radius 3 is 2.64 bits per heavy atom. The summed E-state index contributed by atoms with van der Waals surface area (Å²) >= 11 is 0. The van der Waals surface area contributed by atoms with Crippen LogP contribution in [0.2, 0.25) is 0 Å². The van der Waals surface area contributed by atoms with E-state index in [0.717, 1.165) is 29.0 Å². The molecule has 22 heavy (non-hydrogen) atoms. The van der Waals surface area contributed by atoms with Gasteiger partial charge < -0.3 is 9.80 Å². The van der Waals surface area contributed by atoms with Gasteiger partial charge in [-0.05, 0) is 31.4 Å². The van der Waals surface area contributed by atoms with Gasteiger partial charge in [0.25, 0.3) is 5.91 Å². The molecule has 0 aliphatic carbocycles. The van der Waals surface area contributed by atoms with Crippen molar-refractivity contribution in [3.05, 3.63) is 29.8 Å². The predicted molar refractivity (Wildman–Crippen MR) is 81.5 cm³/mol. The summed E-state index contributed by atoms with van der Waals surface area (Å²) in [7, 11) is 1.56. The van der Waals surface area contributed by atoms with Crippen molar-refractivity contribution >= 4 is 23.5 Å². The third-order valence-corrected chi connectivity index (χ3v) is 4.29. The van der Waals surface area contributed by atoms with Gasteiger partial charge in [0.05, 0.1) is 0 Å². The Kier molecular flexibility index (Phi) is 3.60. The van der Waals surface area contributed by atoms with Crippen molar-refractivity contribution in [2.45, 2.75) is 25.8 Å². The van der Waals surface area contributed by atoms with Gasteiger partial charge in [0.1, 0.15) is 12.6 Å². The highest BCUT2D eigenvalue weighted by Crippen LogP contribution is 2.28. The number of likely N-dealkylation sites (N-methyl/N-ethyl adjacent to an activating group) is 1. The number of benzene rings is 1. The Morgan fingerprint density at radius 2 is 1.95 bits per heavy atom. The van der Waals surface area contributed by atoms with Gasteiger partial charge in [0.2, 0.25) is 5.91 Å². The van der Waals surface area contributed by atoms with Crippen LogP contribution in [0.1, 0.15) is 18.9 Å². The topological polar surface area (TPSA) is 60.9 Å². The van der Waals surface area contributed by atoms with Crippen molar-refractivity contribution in [2.24, 2.45) is 0 Å². The molecule has 1 aromatic rings. The van der Waals surface area contributed by atoms with Crippen LogP contribution >= 0.6 is 0 Å². The number of rotatable bonds is 2. The molecule has 0 N–H and O–H groups in total. The van der Waals surface area contributed by atoms with Gasteiger partial charge in [0, 0.05) is 19.3 Å². The van der Waals surface area contributed by atoms with Gasteiger partial charge >= 0.3 is 6.03 Å². The molecule has 1 aromatic carbocycles. The quantitative estimate of drug-likeness (QED) is 0.772. The maximum absolute atomic E-state index is 12.8. The second-order valence-electron chi connectivity index (χ2n) is 5.80. The van der Waals surface area contributed by atoms with Crippen LogP contribution in [0.25, 0.3) is 0 Å². The number of carbonyl (C=O) groups excluding carboxylic acids is 3. The van der Waals surface area contributed by atoms with E-state index in [-0.39, 0.29) is 18.4 Å². The molecule has 2 aliphatic rings. The Hall–Kier alpha value is -2.37. The van der Waals surface area contributed by atoms with Crippen molar-refractivity contribution in [3.63, 3.8) is 0 Å². The number of anilines is 1. The standard InChI is InChI=1S/C16H19N3O3/c1-11(19-14(20)10-17(2)16(19)22)15(21)18-9-5-7-12-6-3-4-8-13(12)18/h3-4,6,8,11H,5,7,9-10H2,1-2H3/t11-/m0/s1. The van der Waals surface area contributed by atoms with Crippen LogP contribution in [0.4, 0.5) is 10.5 Å². The van der Waals surface area contributed by atoms with Crippen molar-refractivity contribution in [1.82, 2.24) is 9.80 Å². The molecule has 3 rings (SSSR count). The van der Waals surface area contributed by atoms with Crippen LogP contribution in [0.15, 0.2) is 24.3 Å². The van der Waals surface area contributed by atoms with E-state index in [2.05, 4.69) is 0 Å². The fourth-order valence-electron chi connectivity index (χ4n) is 3.12. The van der Waals surface area contributed by atoms with Crippen molar-refractivity contribution in [1.29, 1.82) is 0 Å². The molecule has 6 nitrogen and oxygen atoms in total. The number of aryl methyl sites for hydroxylation is 1. The maximum Gasteiger partial charge on any atom is 0.327 e. The number of urea groups is 1. The fraction of sp³-hybridized carbons (Fsp3) is 0.438. The molecule has 0 spiro atoms. The molecule has 6 heteroatoms. The number of imide groups is 1. The lowest BCUT2D eigenvalue weighted by Gasteiger charge is -2.33. The molecule has 0 bridgehead atoms. The number of hydrogen-bond acceptors (Lipinski definition) is 3. The lowest BCUT2D eigenvalue weighted by molar-refractivity contribution is -0.132. The molecule has 1 atom stereocenters. The highest BCUT2D eigenvalue weighted by Gasteiger charge is 2.41. The van der Waals surface area contributed by atoms with Gasteiger partial charge in [0.15, 0.2) is 0 Å². The second-order valence-corrected chi connectivity index (χ2v) is 5.80. The summed E-state index contributed by atoms with van der Waals surface area (Å²) in [5, 5.41) is 0. The zero-order chi connectivity index (χ0) is 15.9. The molecule has 4 amide bonds. The first kappa shape index (κ1) is 14.6. The zero-order valence-electron chi connectivity index (χ0n) is 12.8. The largest absolute Gasteiger partial charge is 0.327 e. The Balaban J connectivity index is 1.86. The number of amides is 4. The number of nitrogens with zero attached hydrogens (tertiary/aromatic N) is 3. The average Bonchev–Trinajstić information content (AvgIpc) is 2.78.